The Morgan fingerprint density at radius 1 is 0.889 bits per heavy atom. The summed E-state index contributed by atoms with van der Waals surface area (Å²) in [6, 6.07) is 14.6. The molecular weight excluding hydrogens is 260 g/mol. The Bertz CT molecular complexity index is 538. The quantitative estimate of drug-likeness (QED) is 0.718. The second-order valence-corrected chi connectivity index (χ2v) is 6.30. The Morgan fingerprint density at radius 3 is 2.33 bits per heavy atom. The zero-order valence-corrected chi connectivity index (χ0v) is 12.4. The van der Waals surface area contributed by atoms with Crippen molar-refractivity contribution >= 4 is 21.6 Å². The minimum atomic E-state index is 0.930. The Hall–Kier alpha value is -1.06. The van der Waals surface area contributed by atoms with E-state index in [1.54, 1.807) is 28.7 Å². The number of hydrogen-bond donors (Lipinski definition) is 0. The van der Waals surface area contributed by atoms with Gasteiger partial charge < -0.3 is 4.74 Å². The molecule has 2 aromatic carbocycles. The predicted molar refractivity (Wildman–Crippen MR) is 80.6 cm³/mol. The highest BCUT2D eigenvalue weighted by molar-refractivity contribution is 8.76. The van der Waals surface area contributed by atoms with Crippen LogP contribution in [0.25, 0.3) is 0 Å². The molecule has 2 aromatic rings. The lowest BCUT2D eigenvalue weighted by atomic mass is 10.2. The topological polar surface area (TPSA) is 9.23 Å². The summed E-state index contributed by atoms with van der Waals surface area (Å²) >= 11 is 0. The van der Waals surface area contributed by atoms with Gasteiger partial charge in [-0.3, -0.25) is 0 Å². The first-order valence-electron chi connectivity index (χ1n) is 5.75. The highest BCUT2D eigenvalue weighted by Gasteiger charge is 2.05. The molecule has 0 N–H and O–H groups in total. The van der Waals surface area contributed by atoms with Crippen LogP contribution in [0.5, 0.6) is 5.75 Å². The van der Waals surface area contributed by atoms with Crippen LogP contribution in [0.3, 0.4) is 0 Å². The molecule has 0 fully saturated rings. The van der Waals surface area contributed by atoms with Gasteiger partial charge in [0.2, 0.25) is 0 Å². The molecule has 2 rings (SSSR count). The van der Waals surface area contributed by atoms with Crippen LogP contribution in [0.1, 0.15) is 11.1 Å². The maximum Gasteiger partial charge on any atom is 0.133 e. The number of methoxy groups -OCH3 is 1. The van der Waals surface area contributed by atoms with E-state index in [1.807, 2.05) is 18.2 Å². The lowest BCUT2D eigenvalue weighted by molar-refractivity contribution is 0.405. The van der Waals surface area contributed by atoms with Crippen molar-refractivity contribution in [2.45, 2.75) is 23.6 Å². The lowest BCUT2D eigenvalue weighted by Gasteiger charge is -2.08. The minimum Gasteiger partial charge on any atom is -0.496 e. The summed E-state index contributed by atoms with van der Waals surface area (Å²) in [6.07, 6.45) is 0. The third-order valence-electron chi connectivity index (χ3n) is 2.62. The molecule has 0 heterocycles. The third-order valence-corrected chi connectivity index (χ3v) is 5.19. The minimum absolute atomic E-state index is 0.930. The Kier molecular flexibility index (Phi) is 4.61. The van der Waals surface area contributed by atoms with Crippen molar-refractivity contribution in [3.63, 3.8) is 0 Å². The van der Waals surface area contributed by atoms with Crippen LogP contribution in [0.4, 0.5) is 0 Å². The number of benzene rings is 2. The van der Waals surface area contributed by atoms with Crippen LogP contribution in [-0.2, 0) is 0 Å². The second-order valence-electron chi connectivity index (χ2n) is 4.09. The van der Waals surface area contributed by atoms with Crippen molar-refractivity contribution in [2.24, 2.45) is 0 Å². The molecule has 0 unspecified atom stereocenters. The molecule has 0 aliphatic carbocycles. The smallest absolute Gasteiger partial charge is 0.133 e. The van der Waals surface area contributed by atoms with E-state index in [4.69, 9.17) is 4.74 Å². The summed E-state index contributed by atoms with van der Waals surface area (Å²) in [6.45, 7) is 4.27. The van der Waals surface area contributed by atoms with E-state index in [2.05, 4.69) is 38.1 Å². The number of ether oxygens (including phenoxy) is 1. The summed E-state index contributed by atoms with van der Waals surface area (Å²) in [5, 5.41) is 0. The fourth-order valence-corrected chi connectivity index (χ4v) is 4.04. The first-order chi connectivity index (χ1) is 8.70. The van der Waals surface area contributed by atoms with Crippen LogP contribution >= 0.6 is 21.6 Å². The van der Waals surface area contributed by atoms with Crippen molar-refractivity contribution < 1.29 is 4.74 Å². The monoisotopic (exact) mass is 276 g/mol. The van der Waals surface area contributed by atoms with Crippen LogP contribution in [0.2, 0.25) is 0 Å². The van der Waals surface area contributed by atoms with E-state index in [0.29, 0.717) is 0 Å². The predicted octanol–water partition coefficient (Wildman–Crippen LogP) is 5.11. The fraction of sp³-hybridized carbons (Fsp3) is 0.200. The molecule has 0 radical (unpaired) electrons. The number of rotatable bonds is 4. The molecule has 0 saturated carbocycles. The SMILES string of the molecule is COc1ccccc1SSc1ccc(C)cc1C. The summed E-state index contributed by atoms with van der Waals surface area (Å²) < 4.78 is 5.35. The van der Waals surface area contributed by atoms with Gasteiger partial charge in [-0.2, -0.15) is 0 Å². The van der Waals surface area contributed by atoms with Gasteiger partial charge in [-0.05, 0) is 48.4 Å². The molecule has 18 heavy (non-hydrogen) atoms. The fourth-order valence-electron chi connectivity index (χ4n) is 1.67. The lowest BCUT2D eigenvalue weighted by Crippen LogP contribution is -1.84. The third kappa shape index (κ3) is 3.24. The van der Waals surface area contributed by atoms with Gasteiger partial charge in [0.15, 0.2) is 0 Å². The van der Waals surface area contributed by atoms with Crippen molar-refractivity contribution in [1.82, 2.24) is 0 Å². The Labute approximate surface area is 116 Å². The van der Waals surface area contributed by atoms with Gasteiger partial charge in [-0.1, -0.05) is 40.6 Å². The molecule has 0 atom stereocenters. The van der Waals surface area contributed by atoms with Gasteiger partial charge in [0.1, 0.15) is 5.75 Å². The number of para-hydroxylation sites is 1. The highest BCUT2D eigenvalue weighted by atomic mass is 33.1. The van der Waals surface area contributed by atoms with E-state index in [9.17, 15) is 0 Å². The standard InChI is InChI=1S/C15H16OS2/c1-11-8-9-14(12(2)10-11)17-18-15-7-5-4-6-13(15)16-3/h4-10H,1-3H3. The molecule has 0 aromatic heterocycles. The molecule has 3 heteroatoms. The first kappa shape index (κ1) is 13.4. The van der Waals surface area contributed by atoms with E-state index < -0.39 is 0 Å². The van der Waals surface area contributed by atoms with Gasteiger partial charge in [-0.25, -0.2) is 0 Å². The van der Waals surface area contributed by atoms with Crippen LogP contribution in [0.15, 0.2) is 52.3 Å². The van der Waals surface area contributed by atoms with E-state index in [0.717, 1.165) is 10.6 Å². The molecule has 0 aliphatic rings. The molecule has 0 saturated heterocycles. The molecular formula is C15H16OS2. The van der Waals surface area contributed by atoms with E-state index in [-0.39, 0.29) is 0 Å². The first-order valence-corrected chi connectivity index (χ1v) is 7.90. The zero-order chi connectivity index (χ0) is 13.0. The molecule has 1 nitrogen and oxygen atoms in total. The molecule has 0 amide bonds. The van der Waals surface area contributed by atoms with Crippen LogP contribution in [-0.4, -0.2) is 7.11 Å². The van der Waals surface area contributed by atoms with Gasteiger partial charge in [0, 0.05) is 4.90 Å². The molecule has 94 valence electrons. The van der Waals surface area contributed by atoms with Gasteiger partial charge in [0.25, 0.3) is 0 Å². The second kappa shape index (κ2) is 6.21. The maximum absolute atomic E-state index is 5.35. The molecule has 0 spiro atoms. The maximum atomic E-state index is 5.35. The van der Waals surface area contributed by atoms with E-state index in [1.165, 1.54) is 16.0 Å². The zero-order valence-electron chi connectivity index (χ0n) is 10.8. The Morgan fingerprint density at radius 2 is 1.61 bits per heavy atom. The van der Waals surface area contributed by atoms with Crippen molar-refractivity contribution in [2.75, 3.05) is 7.11 Å². The number of aryl methyl sites for hydroxylation is 2. The van der Waals surface area contributed by atoms with Crippen molar-refractivity contribution in [3.8, 4) is 5.75 Å². The summed E-state index contributed by atoms with van der Waals surface area (Å²) in [7, 11) is 5.22. The van der Waals surface area contributed by atoms with Gasteiger partial charge in [0.05, 0.1) is 12.0 Å². The van der Waals surface area contributed by atoms with Crippen molar-refractivity contribution in [3.05, 3.63) is 53.6 Å². The summed E-state index contributed by atoms with van der Waals surface area (Å²) in [4.78, 5) is 2.46. The van der Waals surface area contributed by atoms with Crippen molar-refractivity contribution in [1.29, 1.82) is 0 Å². The van der Waals surface area contributed by atoms with Crippen LogP contribution in [0, 0.1) is 13.8 Å². The molecule has 0 aliphatic heterocycles. The highest BCUT2D eigenvalue weighted by Crippen LogP contribution is 2.42. The average Bonchev–Trinajstić information content (AvgIpc) is 2.38. The summed E-state index contributed by atoms with van der Waals surface area (Å²) in [5.74, 6) is 0.930. The van der Waals surface area contributed by atoms with E-state index >= 15 is 0 Å². The average molecular weight is 276 g/mol. The summed E-state index contributed by atoms with van der Waals surface area (Å²) in [5.41, 5.74) is 2.63. The Balaban J connectivity index is 2.11. The molecule has 0 bridgehead atoms. The normalized spacial score (nSPS) is 10.4. The van der Waals surface area contributed by atoms with Gasteiger partial charge in [-0.15, -0.1) is 0 Å². The largest absolute Gasteiger partial charge is 0.496 e. The van der Waals surface area contributed by atoms with Crippen LogP contribution < -0.4 is 4.74 Å². The van der Waals surface area contributed by atoms with Gasteiger partial charge >= 0.3 is 0 Å². The number of hydrogen-bond acceptors (Lipinski definition) is 3.